The van der Waals surface area contributed by atoms with Gasteiger partial charge >= 0.3 is 0 Å². The van der Waals surface area contributed by atoms with Crippen LogP contribution in [0.1, 0.15) is 55.1 Å². The number of carbonyl (C=O) groups excluding carboxylic acids is 3. The lowest BCUT2D eigenvalue weighted by Crippen LogP contribution is -2.45. The molecular weight excluding hydrogens is 392 g/mol. The molecule has 6 heteroatoms. The van der Waals surface area contributed by atoms with Crippen molar-refractivity contribution in [2.45, 2.75) is 53.5 Å². The highest BCUT2D eigenvalue weighted by atomic mass is 16.5. The Morgan fingerprint density at radius 3 is 2.32 bits per heavy atom. The van der Waals surface area contributed by atoms with Gasteiger partial charge in [0.05, 0.1) is 0 Å². The van der Waals surface area contributed by atoms with E-state index in [9.17, 15) is 14.4 Å². The highest BCUT2D eigenvalue weighted by Gasteiger charge is 2.22. The highest BCUT2D eigenvalue weighted by molar-refractivity contribution is 5.96. The third-order valence-corrected chi connectivity index (χ3v) is 5.50. The molecule has 2 amide bonds. The zero-order chi connectivity index (χ0) is 23.0. The second-order valence-electron chi connectivity index (χ2n) is 7.66. The van der Waals surface area contributed by atoms with E-state index in [0.717, 1.165) is 23.2 Å². The zero-order valence-corrected chi connectivity index (χ0v) is 19.0. The van der Waals surface area contributed by atoms with E-state index in [0.29, 0.717) is 17.7 Å². The topological polar surface area (TPSA) is 75.7 Å². The summed E-state index contributed by atoms with van der Waals surface area (Å²) in [5.41, 5.74) is 3.46. The van der Waals surface area contributed by atoms with Crippen LogP contribution in [0.15, 0.2) is 42.5 Å². The Hall–Kier alpha value is -3.15. The third-order valence-electron chi connectivity index (χ3n) is 5.50. The summed E-state index contributed by atoms with van der Waals surface area (Å²) in [7, 11) is 0. The SMILES string of the molecule is CCC(=O)c1ccc(OCC(=O)N(CC(=O)Nc2cccc(C)c2C)[C@@H](C)CC)cc1. The van der Waals surface area contributed by atoms with Crippen molar-refractivity contribution in [2.75, 3.05) is 18.5 Å². The molecule has 0 unspecified atom stereocenters. The molecular formula is C25H32N2O4. The van der Waals surface area contributed by atoms with Crippen LogP contribution in [-0.4, -0.2) is 41.7 Å². The van der Waals surface area contributed by atoms with Gasteiger partial charge in [-0.05, 0) is 68.7 Å². The van der Waals surface area contributed by atoms with Crippen LogP contribution in [0.4, 0.5) is 5.69 Å². The lowest BCUT2D eigenvalue weighted by molar-refractivity contribution is -0.138. The molecule has 6 nitrogen and oxygen atoms in total. The van der Waals surface area contributed by atoms with Gasteiger partial charge in [0.2, 0.25) is 5.91 Å². The minimum Gasteiger partial charge on any atom is -0.484 e. The first-order chi connectivity index (χ1) is 14.8. The molecule has 2 rings (SSSR count). The van der Waals surface area contributed by atoms with Gasteiger partial charge in [-0.1, -0.05) is 26.0 Å². The summed E-state index contributed by atoms with van der Waals surface area (Å²) in [5, 5.41) is 2.91. The molecule has 0 saturated heterocycles. The number of benzene rings is 2. The number of hydrogen-bond acceptors (Lipinski definition) is 4. The van der Waals surface area contributed by atoms with Crippen molar-refractivity contribution in [2.24, 2.45) is 0 Å². The van der Waals surface area contributed by atoms with Crippen molar-refractivity contribution < 1.29 is 19.1 Å². The van der Waals surface area contributed by atoms with Crippen LogP contribution in [0, 0.1) is 13.8 Å². The predicted octanol–water partition coefficient (Wildman–Crippen LogP) is 4.54. The molecule has 0 aliphatic rings. The Bertz CT molecular complexity index is 922. The van der Waals surface area contributed by atoms with Gasteiger partial charge in [-0.3, -0.25) is 14.4 Å². The molecule has 1 N–H and O–H groups in total. The molecule has 1 atom stereocenters. The van der Waals surface area contributed by atoms with Crippen LogP contribution in [0.2, 0.25) is 0 Å². The minimum absolute atomic E-state index is 0.0471. The number of Topliss-reactive ketones (excluding diaryl/α,β-unsaturated/α-hetero) is 1. The van der Waals surface area contributed by atoms with Gasteiger partial charge in [-0.15, -0.1) is 0 Å². The number of amides is 2. The average molecular weight is 425 g/mol. The number of ketones is 1. The van der Waals surface area contributed by atoms with Crippen molar-refractivity contribution in [3.05, 3.63) is 59.2 Å². The molecule has 0 radical (unpaired) electrons. The summed E-state index contributed by atoms with van der Waals surface area (Å²) in [5.74, 6) is 0.0503. The lowest BCUT2D eigenvalue weighted by atomic mass is 10.1. The first-order valence-electron chi connectivity index (χ1n) is 10.7. The molecule has 0 aliphatic heterocycles. The summed E-state index contributed by atoms with van der Waals surface area (Å²) in [6.07, 6.45) is 1.16. The molecule has 0 fully saturated rings. The van der Waals surface area contributed by atoms with Gasteiger partial charge in [0.15, 0.2) is 12.4 Å². The van der Waals surface area contributed by atoms with Crippen molar-refractivity contribution in [3.63, 3.8) is 0 Å². The molecule has 31 heavy (non-hydrogen) atoms. The Morgan fingerprint density at radius 2 is 1.71 bits per heavy atom. The monoisotopic (exact) mass is 424 g/mol. The maximum absolute atomic E-state index is 12.8. The predicted molar refractivity (Wildman–Crippen MR) is 123 cm³/mol. The summed E-state index contributed by atoms with van der Waals surface area (Å²) < 4.78 is 5.61. The first-order valence-corrected chi connectivity index (χ1v) is 10.7. The van der Waals surface area contributed by atoms with E-state index in [1.807, 2.05) is 52.8 Å². The van der Waals surface area contributed by atoms with Crippen LogP contribution >= 0.6 is 0 Å². The van der Waals surface area contributed by atoms with Crippen LogP contribution < -0.4 is 10.1 Å². The maximum atomic E-state index is 12.8. The Balaban J connectivity index is 2.00. The number of nitrogens with one attached hydrogen (secondary N) is 1. The zero-order valence-electron chi connectivity index (χ0n) is 19.0. The fourth-order valence-electron chi connectivity index (χ4n) is 3.11. The fourth-order valence-corrected chi connectivity index (χ4v) is 3.11. The number of ether oxygens (including phenoxy) is 1. The summed E-state index contributed by atoms with van der Waals surface area (Å²) in [6, 6.07) is 12.4. The summed E-state index contributed by atoms with van der Waals surface area (Å²) in [4.78, 5) is 38.7. The largest absolute Gasteiger partial charge is 0.484 e. The average Bonchev–Trinajstić information content (AvgIpc) is 2.78. The van der Waals surface area contributed by atoms with Crippen LogP contribution in [0.25, 0.3) is 0 Å². The number of anilines is 1. The molecule has 166 valence electrons. The van der Waals surface area contributed by atoms with E-state index < -0.39 is 0 Å². The lowest BCUT2D eigenvalue weighted by Gasteiger charge is -2.28. The molecule has 2 aromatic rings. The highest BCUT2D eigenvalue weighted by Crippen LogP contribution is 2.18. The number of carbonyl (C=O) groups is 3. The molecule has 0 heterocycles. The van der Waals surface area contributed by atoms with E-state index in [1.54, 1.807) is 24.3 Å². The van der Waals surface area contributed by atoms with Crippen molar-refractivity contribution in [1.29, 1.82) is 0 Å². The van der Waals surface area contributed by atoms with Crippen LogP contribution in [0.5, 0.6) is 5.75 Å². The Labute approximate surface area is 184 Å². The van der Waals surface area contributed by atoms with Gasteiger partial charge in [-0.2, -0.15) is 0 Å². The van der Waals surface area contributed by atoms with Crippen molar-refractivity contribution in [1.82, 2.24) is 4.90 Å². The number of rotatable bonds is 10. The normalized spacial score (nSPS) is 11.5. The Kier molecular flexibility index (Phi) is 8.79. The molecule has 0 aliphatic carbocycles. The van der Waals surface area contributed by atoms with Gasteiger partial charge in [0.25, 0.3) is 5.91 Å². The first kappa shape index (κ1) is 24.1. The Morgan fingerprint density at radius 1 is 1.03 bits per heavy atom. The number of aryl methyl sites for hydroxylation is 1. The van der Waals surface area contributed by atoms with Crippen LogP contribution in [-0.2, 0) is 9.59 Å². The second kappa shape index (κ2) is 11.3. The standard InChI is InChI=1S/C25H32N2O4/c1-6-18(4)27(15-24(29)26-22-10-8-9-17(3)19(22)5)25(30)16-31-21-13-11-20(12-14-21)23(28)7-2/h8-14,18H,6-7,15-16H2,1-5H3,(H,26,29)/t18-/m0/s1. The van der Waals surface area contributed by atoms with E-state index >= 15 is 0 Å². The van der Waals surface area contributed by atoms with Gasteiger partial charge < -0.3 is 15.0 Å². The van der Waals surface area contributed by atoms with Crippen molar-refractivity contribution in [3.8, 4) is 5.75 Å². The quantitative estimate of drug-likeness (QED) is 0.568. The fraction of sp³-hybridized carbons (Fsp3) is 0.400. The van der Waals surface area contributed by atoms with E-state index in [1.165, 1.54) is 4.90 Å². The van der Waals surface area contributed by atoms with Gasteiger partial charge in [0, 0.05) is 23.7 Å². The maximum Gasteiger partial charge on any atom is 0.261 e. The van der Waals surface area contributed by atoms with Crippen molar-refractivity contribution >= 4 is 23.3 Å². The number of nitrogens with zero attached hydrogens (tertiary/aromatic N) is 1. The number of hydrogen-bond donors (Lipinski definition) is 1. The third kappa shape index (κ3) is 6.67. The van der Waals surface area contributed by atoms with Crippen LogP contribution in [0.3, 0.4) is 0 Å². The summed E-state index contributed by atoms with van der Waals surface area (Å²) >= 11 is 0. The second-order valence-corrected chi connectivity index (χ2v) is 7.66. The molecule has 2 aromatic carbocycles. The molecule has 0 aromatic heterocycles. The van der Waals surface area contributed by atoms with Gasteiger partial charge in [-0.25, -0.2) is 0 Å². The van der Waals surface area contributed by atoms with E-state index in [4.69, 9.17) is 4.74 Å². The van der Waals surface area contributed by atoms with Gasteiger partial charge in [0.1, 0.15) is 12.3 Å². The minimum atomic E-state index is -0.265. The smallest absolute Gasteiger partial charge is 0.261 e. The molecule has 0 bridgehead atoms. The molecule has 0 saturated carbocycles. The molecule has 0 spiro atoms. The summed E-state index contributed by atoms with van der Waals surface area (Å²) in [6.45, 7) is 9.41. The van der Waals surface area contributed by atoms with E-state index in [2.05, 4.69) is 5.32 Å². The van der Waals surface area contributed by atoms with E-state index in [-0.39, 0.29) is 36.8 Å².